The van der Waals surface area contributed by atoms with Gasteiger partial charge in [0, 0.05) is 18.0 Å². The molecule has 188 valence electrons. The summed E-state index contributed by atoms with van der Waals surface area (Å²) in [5.41, 5.74) is 3.36. The molecule has 0 fully saturated rings. The Morgan fingerprint density at radius 3 is 2.44 bits per heavy atom. The Kier molecular flexibility index (Phi) is 9.22. The lowest BCUT2D eigenvalue weighted by Crippen LogP contribution is -2.29. The second kappa shape index (κ2) is 13.0. The quantitative estimate of drug-likeness (QED) is 0.227. The van der Waals surface area contributed by atoms with Gasteiger partial charge < -0.3 is 19.4 Å². The van der Waals surface area contributed by atoms with Gasteiger partial charge in [-0.15, -0.1) is 0 Å². The van der Waals surface area contributed by atoms with E-state index in [9.17, 15) is 4.79 Å². The number of halogens is 1. The lowest BCUT2D eigenvalue weighted by atomic mass is 10.2. The van der Waals surface area contributed by atoms with Crippen LogP contribution < -0.4 is 14.8 Å². The van der Waals surface area contributed by atoms with Gasteiger partial charge in [-0.05, 0) is 68.3 Å². The summed E-state index contributed by atoms with van der Waals surface area (Å²) in [5, 5.41) is 3.55. The minimum Gasteiger partial charge on any atom is -0.492 e. The molecule has 4 aromatic rings. The minimum absolute atomic E-state index is 0.00365. The van der Waals surface area contributed by atoms with Crippen molar-refractivity contribution in [1.29, 1.82) is 0 Å². The van der Waals surface area contributed by atoms with E-state index in [2.05, 4.69) is 41.1 Å². The minimum atomic E-state index is -0.125. The Hall–Kier alpha value is -3.51. The molecule has 0 aliphatic heterocycles. The number of hydrogen-bond acceptors (Lipinski definition) is 4. The van der Waals surface area contributed by atoms with E-state index in [1.54, 1.807) is 24.3 Å². The van der Waals surface area contributed by atoms with Gasteiger partial charge in [0.2, 0.25) is 0 Å². The number of fused-ring (bicyclic) bond motifs is 1. The first-order valence-electron chi connectivity index (χ1n) is 12.4. The van der Waals surface area contributed by atoms with E-state index in [1.807, 2.05) is 24.3 Å². The van der Waals surface area contributed by atoms with E-state index < -0.39 is 0 Å². The zero-order valence-electron chi connectivity index (χ0n) is 20.6. The summed E-state index contributed by atoms with van der Waals surface area (Å²) in [6, 6.07) is 23.3. The van der Waals surface area contributed by atoms with Crippen molar-refractivity contribution in [2.24, 2.45) is 0 Å². The van der Waals surface area contributed by atoms with Gasteiger partial charge in [0.25, 0.3) is 5.91 Å². The molecule has 0 aliphatic carbocycles. The number of unbranched alkanes of at least 4 members (excludes halogenated alkanes) is 2. The summed E-state index contributed by atoms with van der Waals surface area (Å²) in [6.45, 7) is 4.02. The molecule has 0 bridgehead atoms. The smallest absolute Gasteiger partial charge is 0.257 e. The van der Waals surface area contributed by atoms with Gasteiger partial charge in [-0.1, -0.05) is 47.9 Å². The molecule has 1 N–H and O–H groups in total. The van der Waals surface area contributed by atoms with Crippen LogP contribution in [-0.2, 0) is 17.8 Å². The molecule has 36 heavy (non-hydrogen) atoms. The van der Waals surface area contributed by atoms with E-state index >= 15 is 0 Å². The highest BCUT2D eigenvalue weighted by molar-refractivity contribution is 6.30. The van der Waals surface area contributed by atoms with Crippen molar-refractivity contribution >= 4 is 28.5 Å². The molecule has 0 saturated carbocycles. The number of hydrogen-bond donors (Lipinski definition) is 1. The van der Waals surface area contributed by atoms with Gasteiger partial charge in [-0.3, -0.25) is 4.79 Å². The Labute approximate surface area is 217 Å². The number of imidazole rings is 1. The maximum absolute atomic E-state index is 12.0. The van der Waals surface area contributed by atoms with Crippen LogP contribution in [0.2, 0.25) is 5.02 Å². The number of nitrogens with zero attached hydrogens (tertiary/aromatic N) is 2. The van der Waals surface area contributed by atoms with Crippen LogP contribution in [0, 0.1) is 6.92 Å². The molecule has 0 atom stereocenters. The summed E-state index contributed by atoms with van der Waals surface area (Å²) < 4.78 is 13.7. The van der Waals surface area contributed by atoms with E-state index in [0.29, 0.717) is 23.9 Å². The maximum atomic E-state index is 12.0. The number of benzene rings is 3. The fourth-order valence-corrected chi connectivity index (χ4v) is 4.12. The van der Waals surface area contributed by atoms with Crippen molar-refractivity contribution in [1.82, 2.24) is 14.9 Å². The number of amides is 1. The van der Waals surface area contributed by atoms with Gasteiger partial charge >= 0.3 is 0 Å². The molecule has 0 unspecified atom stereocenters. The molecular formula is C29H32ClN3O3. The normalized spacial score (nSPS) is 10.9. The van der Waals surface area contributed by atoms with Crippen molar-refractivity contribution in [2.75, 3.05) is 19.8 Å². The molecule has 6 nitrogen and oxygen atoms in total. The second-order valence-electron chi connectivity index (χ2n) is 8.73. The lowest BCUT2D eigenvalue weighted by Gasteiger charge is -2.11. The second-order valence-corrected chi connectivity index (χ2v) is 9.17. The van der Waals surface area contributed by atoms with Crippen molar-refractivity contribution in [3.8, 4) is 11.5 Å². The number of aryl methyl sites for hydroxylation is 2. The van der Waals surface area contributed by atoms with Crippen LogP contribution in [0.1, 0.15) is 30.7 Å². The standard InChI is InChI=1S/C29H32ClN3O3/c1-22-10-14-24(15-11-22)35-20-19-33-27-8-5-4-7-26(27)32-28(33)9-3-2-6-18-31-29(34)21-36-25-16-12-23(30)13-17-25/h4-5,7-8,10-17H,2-3,6,9,18-21H2,1H3,(H,31,34). The van der Waals surface area contributed by atoms with Crippen molar-refractivity contribution < 1.29 is 14.3 Å². The highest BCUT2D eigenvalue weighted by Crippen LogP contribution is 2.19. The molecule has 0 spiro atoms. The van der Waals surface area contributed by atoms with Crippen LogP contribution in [0.25, 0.3) is 11.0 Å². The van der Waals surface area contributed by atoms with E-state index in [-0.39, 0.29) is 12.5 Å². The summed E-state index contributed by atoms with van der Waals surface area (Å²) in [5.74, 6) is 2.46. The van der Waals surface area contributed by atoms with E-state index in [4.69, 9.17) is 26.1 Å². The van der Waals surface area contributed by atoms with Gasteiger partial charge in [-0.2, -0.15) is 0 Å². The van der Waals surface area contributed by atoms with Gasteiger partial charge in [0.1, 0.15) is 23.9 Å². The van der Waals surface area contributed by atoms with Gasteiger partial charge in [-0.25, -0.2) is 4.98 Å². The molecule has 1 heterocycles. The molecule has 1 amide bonds. The highest BCUT2D eigenvalue weighted by Gasteiger charge is 2.10. The van der Waals surface area contributed by atoms with Gasteiger partial charge in [0.15, 0.2) is 6.61 Å². The molecule has 4 rings (SSSR count). The average molecular weight is 506 g/mol. The molecule has 1 aromatic heterocycles. The summed E-state index contributed by atoms with van der Waals surface area (Å²) in [6.07, 6.45) is 3.79. The van der Waals surface area contributed by atoms with Crippen molar-refractivity contribution in [3.05, 3.63) is 89.2 Å². The molecule has 0 saturated heterocycles. The Bertz CT molecular complexity index is 1250. The Morgan fingerprint density at radius 2 is 1.64 bits per heavy atom. The summed E-state index contributed by atoms with van der Waals surface area (Å²) in [4.78, 5) is 16.9. The van der Waals surface area contributed by atoms with E-state index in [0.717, 1.165) is 54.8 Å². The first-order chi connectivity index (χ1) is 17.6. The topological polar surface area (TPSA) is 65.4 Å². The fraction of sp³-hybridized carbons (Fsp3) is 0.310. The third-order valence-electron chi connectivity index (χ3n) is 5.92. The fourth-order valence-electron chi connectivity index (χ4n) is 4.00. The molecule has 0 aliphatic rings. The number of para-hydroxylation sites is 2. The molecule has 0 radical (unpaired) electrons. The summed E-state index contributed by atoms with van der Waals surface area (Å²) >= 11 is 5.86. The highest BCUT2D eigenvalue weighted by atomic mass is 35.5. The van der Waals surface area contributed by atoms with Crippen LogP contribution in [0.5, 0.6) is 11.5 Å². The number of rotatable bonds is 13. The number of nitrogens with one attached hydrogen (secondary N) is 1. The first kappa shape index (κ1) is 25.6. The average Bonchev–Trinajstić information content (AvgIpc) is 3.24. The van der Waals surface area contributed by atoms with Crippen LogP contribution >= 0.6 is 11.6 Å². The number of ether oxygens (including phenoxy) is 2. The number of carbonyl (C=O) groups is 1. The van der Waals surface area contributed by atoms with Crippen molar-refractivity contribution in [2.45, 2.75) is 39.2 Å². The first-order valence-corrected chi connectivity index (χ1v) is 12.7. The third kappa shape index (κ3) is 7.49. The van der Waals surface area contributed by atoms with Crippen LogP contribution in [0.15, 0.2) is 72.8 Å². The zero-order chi connectivity index (χ0) is 25.2. The van der Waals surface area contributed by atoms with Crippen LogP contribution in [0.3, 0.4) is 0 Å². The monoisotopic (exact) mass is 505 g/mol. The summed E-state index contributed by atoms with van der Waals surface area (Å²) in [7, 11) is 0. The molecule has 3 aromatic carbocycles. The predicted octanol–water partition coefficient (Wildman–Crippen LogP) is 5.99. The van der Waals surface area contributed by atoms with Crippen LogP contribution in [-0.4, -0.2) is 35.2 Å². The molecular weight excluding hydrogens is 474 g/mol. The third-order valence-corrected chi connectivity index (χ3v) is 6.17. The SMILES string of the molecule is Cc1ccc(OCCn2c(CCCCCNC(=O)COc3ccc(Cl)cc3)nc3ccccc32)cc1. The zero-order valence-corrected chi connectivity index (χ0v) is 21.3. The maximum Gasteiger partial charge on any atom is 0.257 e. The number of carbonyl (C=O) groups excluding carboxylic acids is 1. The predicted molar refractivity (Wildman–Crippen MR) is 144 cm³/mol. The van der Waals surface area contributed by atoms with Crippen LogP contribution in [0.4, 0.5) is 0 Å². The number of aromatic nitrogens is 2. The Morgan fingerprint density at radius 1 is 0.917 bits per heavy atom. The van der Waals surface area contributed by atoms with Crippen molar-refractivity contribution in [3.63, 3.8) is 0 Å². The largest absolute Gasteiger partial charge is 0.492 e. The molecule has 7 heteroatoms. The van der Waals surface area contributed by atoms with E-state index in [1.165, 1.54) is 5.56 Å². The lowest BCUT2D eigenvalue weighted by molar-refractivity contribution is -0.123. The van der Waals surface area contributed by atoms with Gasteiger partial charge in [0.05, 0.1) is 17.6 Å². The Balaban J connectivity index is 1.19.